The second-order valence-electron chi connectivity index (χ2n) is 4.91. The number of anilines is 1. The van der Waals surface area contributed by atoms with E-state index in [2.05, 4.69) is 15.5 Å². The number of hydrogen-bond donors (Lipinski definition) is 1. The SMILES string of the molecule is CN(Cc1ccco1)C(=O)CSc1nnc(NC2CC2)s1. The molecule has 2 aromatic heterocycles. The van der Waals surface area contributed by atoms with Crippen molar-refractivity contribution in [1.29, 1.82) is 0 Å². The monoisotopic (exact) mass is 324 g/mol. The topological polar surface area (TPSA) is 71.3 Å². The quantitative estimate of drug-likeness (QED) is 0.789. The summed E-state index contributed by atoms with van der Waals surface area (Å²) in [6, 6.07) is 4.24. The van der Waals surface area contributed by atoms with Crippen LogP contribution < -0.4 is 5.32 Å². The Morgan fingerprint density at radius 3 is 3.14 bits per heavy atom. The summed E-state index contributed by atoms with van der Waals surface area (Å²) in [5, 5.41) is 12.3. The zero-order chi connectivity index (χ0) is 14.7. The summed E-state index contributed by atoms with van der Waals surface area (Å²) in [7, 11) is 1.77. The molecule has 0 aliphatic heterocycles. The van der Waals surface area contributed by atoms with Crippen LogP contribution in [0.1, 0.15) is 18.6 Å². The van der Waals surface area contributed by atoms with Gasteiger partial charge in [-0.2, -0.15) is 0 Å². The van der Waals surface area contributed by atoms with Gasteiger partial charge in [0.1, 0.15) is 5.76 Å². The Hall–Kier alpha value is -1.54. The van der Waals surface area contributed by atoms with E-state index in [4.69, 9.17) is 4.42 Å². The number of rotatable bonds is 7. The van der Waals surface area contributed by atoms with Gasteiger partial charge in [-0.25, -0.2) is 0 Å². The van der Waals surface area contributed by atoms with Gasteiger partial charge in [-0.05, 0) is 25.0 Å². The van der Waals surface area contributed by atoms with Crippen molar-refractivity contribution in [2.75, 3.05) is 18.1 Å². The van der Waals surface area contributed by atoms with E-state index in [1.807, 2.05) is 12.1 Å². The van der Waals surface area contributed by atoms with E-state index in [-0.39, 0.29) is 5.91 Å². The van der Waals surface area contributed by atoms with Gasteiger partial charge in [-0.15, -0.1) is 10.2 Å². The van der Waals surface area contributed by atoms with Crippen LogP contribution in [0.4, 0.5) is 5.13 Å². The van der Waals surface area contributed by atoms with Crippen molar-refractivity contribution < 1.29 is 9.21 Å². The fourth-order valence-electron chi connectivity index (χ4n) is 1.69. The van der Waals surface area contributed by atoms with Crippen molar-refractivity contribution in [1.82, 2.24) is 15.1 Å². The van der Waals surface area contributed by atoms with Gasteiger partial charge < -0.3 is 14.6 Å². The summed E-state index contributed by atoms with van der Waals surface area (Å²) in [6.45, 7) is 0.483. The molecule has 112 valence electrons. The van der Waals surface area contributed by atoms with Gasteiger partial charge in [0.05, 0.1) is 18.6 Å². The number of thioether (sulfide) groups is 1. The van der Waals surface area contributed by atoms with E-state index in [0.29, 0.717) is 18.3 Å². The van der Waals surface area contributed by atoms with Crippen molar-refractivity contribution in [3.63, 3.8) is 0 Å². The van der Waals surface area contributed by atoms with Crippen LogP contribution in [0.2, 0.25) is 0 Å². The van der Waals surface area contributed by atoms with Gasteiger partial charge >= 0.3 is 0 Å². The smallest absolute Gasteiger partial charge is 0.233 e. The van der Waals surface area contributed by atoms with Crippen LogP contribution in [0.5, 0.6) is 0 Å². The van der Waals surface area contributed by atoms with Crippen LogP contribution >= 0.6 is 23.1 Å². The maximum atomic E-state index is 12.0. The molecule has 1 fully saturated rings. The van der Waals surface area contributed by atoms with Gasteiger partial charge in [0.2, 0.25) is 11.0 Å². The lowest BCUT2D eigenvalue weighted by atomic mass is 10.4. The van der Waals surface area contributed by atoms with Gasteiger partial charge in [0.25, 0.3) is 0 Å². The molecule has 0 saturated heterocycles. The minimum atomic E-state index is 0.0447. The van der Waals surface area contributed by atoms with E-state index >= 15 is 0 Å². The molecule has 8 heteroatoms. The summed E-state index contributed by atoms with van der Waals surface area (Å²) < 4.78 is 6.05. The first-order valence-electron chi connectivity index (χ1n) is 6.70. The second-order valence-corrected chi connectivity index (χ2v) is 7.11. The van der Waals surface area contributed by atoms with Crippen molar-refractivity contribution in [2.45, 2.75) is 29.8 Å². The Labute approximate surface area is 130 Å². The Morgan fingerprint density at radius 2 is 2.43 bits per heavy atom. The van der Waals surface area contributed by atoms with E-state index in [1.54, 1.807) is 18.2 Å². The lowest BCUT2D eigenvalue weighted by molar-refractivity contribution is -0.127. The first kappa shape index (κ1) is 14.4. The summed E-state index contributed by atoms with van der Waals surface area (Å²) in [6.07, 6.45) is 4.02. The Morgan fingerprint density at radius 1 is 1.57 bits per heavy atom. The van der Waals surface area contributed by atoms with Crippen LogP contribution in [0.3, 0.4) is 0 Å². The summed E-state index contributed by atoms with van der Waals surface area (Å²) in [5.41, 5.74) is 0. The molecule has 1 aliphatic carbocycles. The summed E-state index contributed by atoms with van der Waals surface area (Å²) in [4.78, 5) is 13.7. The van der Waals surface area contributed by atoms with Crippen LogP contribution in [0.25, 0.3) is 0 Å². The number of amides is 1. The zero-order valence-corrected chi connectivity index (χ0v) is 13.2. The van der Waals surface area contributed by atoms with E-state index in [0.717, 1.165) is 15.2 Å². The lowest BCUT2D eigenvalue weighted by Gasteiger charge is -2.14. The molecule has 0 radical (unpaired) electrons. The van der Waals surface area contributed by atoms with E-state index < -0.39 is 0 Å². The second kappa shape index (κ2) is 6.48. The number of carbonyl (C=O) groups is 1. The number of furan rings is 1. The molecule has 0 bridgehead atoms. The molecule has 1 aliphatic rings. The third kappa shape index (κ3) is 4.21. The van der Waals surface area contributed by atoms with Crippen LogP contribution in [-0.4, -0.2) is 39.8 Å². The average molecular weight is 324 g/mol. The highest BCUT2D eigenvalue weighted by molar-refractivity contribution is 8.01. The first-order valence-corrected chi connectivity index (χ1v) is 8.50. The largest absolute Gasteiger partial charge is 0.467 e. The van der Waals surface area contributed by atoms with Crippen LogP contribution in [0.15, 0.2) is 27.2 Å². The molecule has 0 aromatic carbocycles. The molecule has 21 heavy (non-hydrogen) atoms. The molecule has 1 N–H and O–H groups in total. The molecule has 3 rings (SSSR count). The number of aromatic nitrogens is 2. The normalized spacial score (nSPS) is 14.1. The standard InChI is InChI=1S/C13H16N4O2S2/c1-17(7-10-3-2-6-19-10)11(18)8-20-13-16-15-12(21-13)14-9-4-5-9/h2-3,6,9H,4-5,7-8H2,1H3,(H,14,15). The molecular formula is C13H16N4O2S2. The molecule has 1 saturated carbocycles. The molecular weight excluding hydrogens is 308 g/mol. The molecule has 0 unspecified atom stereocenters. The molecule has 0 atom stereocenters. The van der Waals surface area contributed by atoms with Crippen molar-refractivity contribution >= 4 is 34.1 Å². The molecule has 2 aromatic rings. The molecule has 1 amide bonds. The maximum Gasteiger partial charge on any atom is 0.233 e. The Bertz CT molecular complexity index is 595. The maximum absolute atomic E-state index is 12.0. The van der Waals surface area contributed by atoms with Crippen LogP contribution in [0, 0.1) is 0 Å². The predicted molar refractivity (Wildman–Crippen MR) is 82.5 cm³/mol. The average Bonchev–Trinajstić information content (AvgIpc) is 2.95. The minimum absolute atomic E-state index is 0.0447. The zero-order valence-electron chi connectivity index (χ0n) is 11.6. The number of nitrogens with one attached hydrogen (secondary N) is 1. The molecule has 0 spiro atoms. The third-order valence-corrected chi connectivity index (χ3v) is 5.00. The third-order valence-electron chi connectivity index (χ3n) is 3.03. The Kier molecular flexibility index (Phi) is 4.45. The summed E-state index contributed by atoms with van der Waals surface area (Å²) >= 11 is 2.92. The van der Waals surface area contributed by atoms with Gasteiger partial charge in [-0.3, -0.25) is 4.79 Å². The summed E-state index contributed by atoms with van der Waals surface area (Å²) in [5.74, 6) is 1.18. The molecule has 6 nitrogen and oxygen atoms in total. The number of nitrogens with zero attached hydrogens (tertiary/aromatic N) is 3. The van der Waals surface area contributed by atoms with Crippen molar-refractivity contribution in [3.05, 3.63) is 24.2 Å². The first-order chi connectivity index (χ1) is 10.2. The van der Waals surface area contributed by atoms with Crippen LogP contribution in [-0.2, 0) is 11.3 Å². The highest BCUT2D eigenvalue weighted by Gasteiger charge is 2.22. The van der Waals surface area contributed by atoms with E-state index in [9.17, 15) is 4.79 Å². The predicted octanol–water partition coefficient (Wildman–Crippen LogP) is 2.46. The lowest BCUT2D eigenvalue weighted by Crippen LogP contribution is -2.27. The number of carbonyl (C=O) groups excluding carboxylic acids is 1. The van der Waals surface area contributed by atoms with Crippen molar-refractivity contribution in [3.8, 4) is 0 Å². The van der Waals surface area contributed by atoms with Gasteiger partial charge in [-0.1, -0.05) is 23.1 Å². The van der Waals surface area contributed by atoms with Gasteiger partial charge in [0.15, 0.2) is 4.34 Å². The Balaban J connectivity index is 1.45. The highest BCUT2D eigenvalue weighted by Crippen LogP contribution is 2.30. The van der Waals surface area contributed by atoms with E-state index in [1.165, 1.54) is 35.9 Å². The van der Waals surface area contributed by atoms with Crippen molar-refractivity contribution in [2.24, 2.45) is 0 Å². The fourth-order valence-corrected chi connectivity index (χ4v) is 3.46. The fraction of sp³-hybridized carbons (Fsp3) is 0.462. The highest BCUT2D eigenvalue weighted by atomic mass is 32.2. The molecule has 2 heterocycles. The number of hydrogen-bond acceptors (Lipinski definition) is 7. The minimum Gasteiger partial charge on any atom is -0.467 e. The van der Waals surface area contributed by atoms with Gasteiger partial charge in [0, 0.05) is 13.1 Å².